The highest BCUT2D eigenvalue weighted by atomic mass is 15.0. The van der Waals surface area contributed by atoms with Crippen LogP contribution in [0.2, 0.25) is 0 Å². The normalized spacial score (nSPS) is 31.9. The second kappa shape index (κ2) is 2.75. The zero-order valence-electron chi connectivity index (χ0n) is 8.98. The van der Waals surface area contributed by atoms with Crippen LogP contribution < -0.4 is 5.73 Å². The Balaban J connectivity index is 1.75. The largest absolute Gasteiger partial charge is 0.384 e. The lowest BCUT2D eigenvalue weighted by molar-refractivity contribution is 0.597. The third kappa shape index (κ3) is 1.16. The number of nitrogens with zero attached hydrogens (tertiary/aromatic N) is 2. The molecule has 0 aliphatic heterocycles. The molecule has 4 rings (SSSR count). The predicted octanol–water partition coefficient (Wildman–Crippen LogP) is 2.05. The van der Waals surface area contributed by atoms with E-state index in [9.17, 15) is 0 Å². The maximum absolute atomic E-state index is 5.65. The zero-order valence-corrected chi connectivity index (χ0v) is 8.98. The molecular weight excluding hydrogens is 200 g/mol. The van der Waals surface area contributed by atoms with Gasteiger partial charge in [0.25, 0.3) is 0 Å². The Labute approximate surface area is 93.3 Å². The van der Waals surface area contributed by atoms with Gasteiger partial charge < -0.3 is 10.7 Å². The van der Waals surface area contributed by atoms with Gasteiger partial charge in [0.1, 0.15) is 11.6 Å². The second-order valence-electron chi connectivity index (χ2n) is 5.15. The molecule has 0 aromatic carbocycles. The van der Waals surface area contributed by atoms with Crippen LogP contribution in [-0.4, -0.2) is 15.0 Å². The van der Waals surface area contributed by atoms with Gasteiger partial charge in [-0.1, -0.05) is 0 Å². The van der Waals surface area contributed by atoms with E-state index in [2.05, 4.69) is 15.0 Å². The van der Waals surface area contributed by atoms with Gasteiger partial charge in [0, 0.05) is 5.92 Å². The number of pyridine rings is 1. The summed E-state index contributed by atoms with van der Waals surface area (Å²) >= 11 is 0. The number of H-pyrrole nitrogens is 1. The van der Waals surface area contributed by atoms with Crippen LogP contribution in [0.15, 0.2) is 12.1 Å². The highest BCUT2D eigenvalue weighted by Crippen LogP contribution is 2.57. The summed E-state index contributed by atoms with van der Waals surface area (Å²) in [6.45, 7) is 0. The summed E-state index contributed by atoms with van der Waals surface area (Å²) in [6.07, 6.45) is 4.06. The number of hydrogen-bond donors (Lipinski definition) is 2. The Morgan fingerprint density at radius 2 is 1.94 bits per heavy atom. The minimum atomic E-state index is 0.541. The number of nitrogens with one attached hydrogen (secondary N) is 1. The van der Waals surface area contributed by atoms with E-state index in [-0.39, 0.29) is 0 Å². The molecule has 3 N–H and O–H groups in total. The van der Waals surface area contributed by atoms with Gasteiger partial charge in [0.2, 0.25) is 0 Å². The highest BCUT2D eigenvalue weighted by molar-refractivity contribution is 5.72. The van der Waals surface area contributed by atoms with Crippen molar-refractivity contribution in [3.63, 3.8) is 0 Å². The van der Waals surface area contributed by atoms with E-state index >= 15 is 0 Å². The average molecular weight is 214 g/mol. The highest BCUT2D eigenvalue weighted by Gasteiger charge is 2.46. The molecule has 2 aliphatic carbocycles. The molecule has 16 heavy (non-hydrogen) atoms. The second-order valence-corrected chi connectivity index (χ2v) is 5.15. The zero-order chi connectivity index (χ0) is 10.7. The molecule has 0 radical (unpaired) electrons. The summed E-state index contributed by atoms with van der Waals surface area (Å²) in [5, 5.41) is 0. The SMILES string of the molecule is Nc1ccc2[nH]c(C3CC4CC4C3)nc2n1. The van der Waals surface area contributed by atoms with Gasteiger partial charge in [-0.3, -0.25) is 0 Å². The molecule has 2 saturated carbocycles. The van der Waals surface area contributed by atoms with Crippen molar-refractivity contribution in [2.45, 2.75) is 25.2 Å². The van der Waals surface area contributed by atoms with E-state index in [0.717, 1.165) is 28.8 Å². The molecular formula is C12H14N4. The van der Waals surface area contributed by atoms with Crippen molar-refractivity contribution < 1.29 is 0 Å². The van der Waals surface area contributed by atoms with Gasteiger partial charge in [-0.15, -0.1) is 0 Å². The van der Waals surface area contributed by atoms with Gasteiger partial charge in [-0.2, -0.15) is 0 Å². The first kappa shape index (κ1) is 8.56. The fourth-order valence-corrected chi connectivity index (χ4v) is 3.06. The first-order valence-corrected chi connectivity index (χ1v) is 5.92. The number of aromatic nitrogens is 3. The van der Waals surface area contributed by atoms with Gasteiger partial charge in [0.15, 0.2) is 5.65 Å². The third-order valence-corrected chi connectivity index (χ3v) is 4.02. The van der Waals surface area contributed by atoms with Crippen LogP contribution in [0.4, 0.5) is 5.82 Å². The Morgan fingerprint density at radius 3 is 2.75 bits per heavy atom. The number of nitrogens with two attached hydrogens (primary N) is 1. The van der Waals surface area contributed by atoms with Gasteiger partial charge in [0.05, 0.1) is 5.52 Å². The van der Waals surface area contributed by atoms with E-state index in [1.54, 1.807) is 0 Å². The summed E-state index contributed by atoms with van der Waals surface area (Å²) < 4.78 is 0. The molecule has 0 saturated heterocycles. The van der Waals surface area contributed by atoms with Crippen LogP contribution in [0.1, 0.15) is 31.0 Å². The molecule has 4 nitrogen and oxygen atoms in total. The molecule has 2 heterocycles. The molecule has 2 aromatic rings. The maximum atomic E-state index is 5.65. The molecule has 2 aromatic heterocycles. The quantitative estimate of drug-likeness (QED) is 0.763. The number of imidazole rings is 1. The number of anilines is 1. The van der Waals surface area contributed by atoms with Gasteiger partial charge >= 0.3 is 0 Å². The molecule has 2 atom stereocenters. The molecule has 2 unspecified atom stereocenters. The molecule has 0 amide bonds. The summed E-state index contributed by atoms with van der Waals surface area (Å²) in [7, 11) is 0. The Morgan fingerprint density at radius 1 is 1.12 bits per heavy atom. The summed E-state index contributed by atoms with van der Waals surface area (Å²) in [5.41, 5.74) is 7.41. The average Bonchev–Trinajstić information content (AvgIpc) is 2.75. The van der Waals surface area contributed by atoms with Crippen molar-refractivity contribution in [3.05, 3.63) is 18.0 Å². The summed E-state index contributed by atoms with van der Waals surface area (Å²) in [4.78, 5) is 12.2. The van der Waals surface area contributed by atoms with Crippen LogP contribution in [0.25, 0.3) is 11.2 Å². The fraction of sp³-hybridized carbons (Fsp3) is 0.500. The van der Waals surface area contributed by atoms with Crippen LogP contribution >= 0.6 is 0 Å². The third-order valence-electron chi connectivity index (χ3n) is 4.02. The van der Waals surface area contributed by atoms with Crippen molar-refractivity contribution >= 4 is 17.0 Å². The maximum Gasteiger partial charge on any atom is 0.179 e. The minimum Gasteiger partial charge on any atom is -0.384 e. The van der Waals surface area contributed by atoms with Crippen molar-refractivity contribution in [3.8, 4) is 0 Å². The Hall–Kier alpha value is -1.58. The molecule has 0 spiro atoms. The van der Waals surface area contributed by atoms with E-state index in [1.807, 2.05) is 12.1 Å². The van der Waals surface area contributed by atoms with Crippen molar-refractivity contribution in [2.75, 3.05) is 5.73 Å². The minimum absolute atomic E-state index is 0.541. The van der Waals surface area contributed by atoms with Gasteiger partial charge in [-0.25, -0.2) is 9.97 Å². The topological polar surface area (TPSA) is 67.6 Å². The van der Waals surface area contributed by atoms with Gasteiger partial charge in [-0.05, 0) is 43.2 Å². The summed E-state index contributed by atoms with van der Waals surface area (Å²) in [5.74, 6) is 4.24. The van der Waals surface area contributed by atoms with E-state index < -0.39 is 0 Å². The molecule has 0 bridgehead atoms. The lowest BCUT2D eigenvalue weighted by Crippen LogP contribution is -1.97. The van der Waals surface area contributed by atoms with Crippen LogP contribution in [-0.2, 0) is 0 Å². The monoisotopic (exact) mass is 214 g/mol. The standard InChI is InChI=1S/C12H14N4/c13-10-2-1-9-12(15-10)16-11(14-9)8-4-6-3-7(6)5-8/h1-2,6-8H,3-5H2,(H3,13,14,15,16). The van der Waals surface area contributed by atoms with E-state index in [4.69, 9.17) is 5.73 Å². The van der Waals surface area contributed by atoms with Crippen LogP contribution in [0, 0.1) is 11.8 Å². The lowest BCUT2D eigenvalue weighted by atomic mass is 10.0. The number of fused-ring (bicyclic) bond motifs is 2. The van der Waals surface area contributed by atoms with E-state index in [1.165, 1.54) is 19.3 Å². The molecule has 4 heteroatoms. The van der Waals surface area contributed by atoms with E-state index in [0.29, 0.717) is 11.7 Å². The number of nitrogen functional groups attached to an aromatic ring is 1. The smallest absolute Gasteiger partial charge is 0.179 e. The first-order chi connectivity index (χ1) is 7.79. The number of rotatable bonds is 1. The number of hydrogen-bond acceptors (Lipinski definition) is 3. The fourth-order valence-electron chi connectivity index (χ4n) is 3.06. The Kier molecular flexibility index (Phi) is 1.47. The summed E-state index contributed by atoms with van der Waals surface area (Å²) in [6, 6.07) is 3.78. The predicted molar refractivity (Wildman–Crippen MR) is 61.9 cm³/mol. The van der Waals surface area contributed by atoms with Crippen molar-refractivity contribution in [1.82, 2.24) is 15.0 Å². The van der Waals surface area contributed by atoms with Crippen molar-refractivity contribution in [2.24, 2.45) is 11.8 Å². The first-order valence-electron chi connectivity index (χ1n) is 5.92. The van der Waals surface area contributed by atoms with Crippen molar-refractivity contribution in [1.29, 1.82) is 0 Å². The Bertz CT molecular complexity index is 549. The van der Waals surface area contributed by atoms with Crippen LogP contribution in [0.5, 0.6) is 0 Å². The lowest BCUT2D eigenvalue weighted by Gasteiger charge is -2.06. The molecule has 2 aliphatic rings. The molecule has 82 valence electrons. The van der Waals surface area contributed by atoms with Crippen LogP contribution in [0.3, 0.4) is 0 Å². The number of aromatic amines is 1. The molecule has 2 fully saturated rings.